The zero-order valence-electron chi connectivity index (χ0n) is 12.8. The van der Waals surface area contributed by atoms with E-state index in [2.05, 4.69) is 17.1 Å². The summed E-state index contributed by atoms with van der Waals surface area (Å²) in [5.74, 6) is 0. The van der Waals surface area contributed by atoms with E-state index in [9.17, 15) is 0 Å². The van der Waals surface area contributed by atoms with E-state index in [1.807, 2.05) is 0 Å². The molecule has 2 heteroatoms. The van der Waals surface area contributed by atoms with Crippen LogP contribution in [0.25, 0.3) is 0 Å². The Morgan fingerprint density at radius 2 is 1.63 bits per heavy atom. The summed E-state index contributed by atoms with van der Waals surface area (Å²) in [6.45, 7) is 6.30. The van der Waals surface area contributed by atoms with Crippen molar-refractivity contribution >= 4 is 0 Å². The van der Waals surface area contributed by atoms with Crippen molar-refractivity contribution in [2.24, 2.45) is 0 Å². The molecule has 1 heterocycles. The van der Waals surface area contributed by atoms with Crippen LogP contribution >= 0.6 is 0 Å². The number of piperazine rings is 1. The number of nitrogens with zero attached hydrogens (tertiary/aromatic N) is 1. The highest BCUT2D eigenvalue weighted by Gasteiger charge is 2.48. The zero-order chi connectivity index (χ0) is 13.2. The first-order valence-electron chi connectivity index (χ1n) is 8.79. The highest BCUT2D eigenvalue weighted by Crippen LogP contribution is 2.41. The average Bonchev–Trinajstić information content (AvgIpc) is 2.91. The topological polar surface area (TPSA) is 15.3 Å². The summed E-state index contributed by atoms with van der Waals surface area (Å²) in [6.07, 6.45) is 15.7. The van der Waals surface area contributed by atoms with Gasteiger partial charge in [-0.05, 0) is 38.6 Å². The van der Waals surface area contributed by atoms with Crippen LogP contribution in [0.15, 0.2) is 0 Å². The molecule has 0 atom stereocenters. The minimum absolute atomic E-state index is 0.486. The maximum atomic E-state index is 4.03. The fraction of sp³-hybridized carbons (Fsp3) is 1.00. The molecule has 0 aromatic carbocycles. The molecule has 1 saturated heterocycles. The van der Waals surface area contributed by atoms with E-state index in [1.54, 1.807) is 0 Å². The van der Waals surface area contributed by atoms with Gasteiger partial charge in [0.05, 0.1) is 0 Å². The van der Waals surface area contributed by atoms with E-state index < -0.39 is 0 Å². The van der Waals surface area contributed by atoms with Gasteiger partial charge >= 0.3 is 0 Å². The molecule has 3 fully saturated rings. The molecule has 1 N–H and O–H groups in total. The lowest BCUT2D eigenvalue weighted by Crippen LogP contribution is -2.69. The van der Waals surface area contributed by atoms with Gasteiger partial charge in [0.2, 0.25) is 0 Å². The minimum atomic E-state index is 0.486. The third kappa shape index (κ3) is 2.71. The number of unbranched alkanes of at least 4 members (excludes halogenated alkanes) is 1. The molecule has 19 heavy (non-hydrogen) atoms. The van der Waals surface area contributed by atoms with Gasteiger partial charge in [-0.15, -0.1) is 0 Å². The van der Waals surface area contributed by atoms with Crippen LogP contribution < -0.4 is 5.32 Å². The van der Waals surface area contributed by atoms with Crippen molar-refractivity contribution in [3.63, 3.8) is 0 Å². The molecule has 0 radical (unpaired) electrons. The minimum Gasteiger partial charge on any atom is -0.308 e. The predicted octanol–water partition coefficient (Wildman–Crippen LogP) is 3.71. The van der Waals surface area contributed by atoms with Gasteiger partial charge in [-0.1, -0.05) is 45.4 Å². The van der Waals surface area contributed by atoms with Crippen molar-refractivity contribution in [1.82, 2.24) is 10.2 Å². The standard InChI is InChI=1S/C17H32N2/c1-2-3-13-19-15-16(9-5-4-6-10-16)18-14-17(19)11-7-8-12-17/h18H,2-15H2,1H3. The van der Waals surface area contributed by atoms with Gasteiger partial charge in [0.25, 0.3) is 0 Å². The molecular weight excluding hydrogens is 232 g/mol. The number of hydrogen-bond acceptors (Lipinski definition) is 2. The van der Waals surface area contributed by atoms with E-state index in [1.165, 1.54) is 90.3 Å². The number of rotatable bonds is 3. The monoisotopic (exact) mass is 264 g/mol. The van der Waals surface area contributed by atoms with Crippen LogP contribution in [0.4, 0.5) is 0 Å². The Morgan fingerprint density at radius 3 is 2.32 bits per heavy atom. The zero-order valence-corrected chi connectivity index (χ0v) is 12.8. The lowest BCUT2D eigenvalue weighted by Gasteiger charge is -2.55. The summed E-state index contributed by atoms with van der Waals surface area (Å²) >= 11 is 0. The van der Waals surface area contributed by atoms with Gasteiger partial charge in [-0.2, -0.15) is 0 Å². The van der Waals surface area contributed by atoms with Crippen molar-refractivity contribution in [3.8, 4) is 0 Å². The van der Waals surface area contributed by atoms with Crippen LogP contribution in [-0.2, 0) is 0 Å². The Labute approximate surface area is 119 Å². The molecule has 2 aliphatic carbocycles. The quantitative estimate of drug-likeness (QED) is 0.836. The molecule has 110 valence electrons. The first kappa shape index (κ1) is 13.9. The maximum absolute atomic E-state index is 4.03. The summed E-state index contributed by atoms with van der Waals surface area (Å²) in [7, 11) is 0. The largest absolute Gasteiger partial charge is 0.308 e. The molecule has 3 aliphatic rings. The van der Waals surface area contributed by atoms with E-state index in [-0.39, 0.29) is 0 Å². The van der Waals surface area contributed by atoms with E-state index in [0.717, 1.165) is 0 Å². The van der Waals surface area contributed by atoms with Gasteiger partial charge in [0.15, 0.2) is 0 Å². The fourth-order valence-corrected chi connectivity index (χ4v) is 4.81. The highest BCUT2D eigenvalue weighted by atomic mass is 15.3. The second kappa shape index (κ2) is 5.73. The molecule has 1 aliphatic heterocycles. The van der Waals surface area contributed by atoms with Gasteiger partial charge in [-0.25, -0.2) is 0 Å². The Balaban J connectivity index is 1.71. The third-order valence-electron chi connectivity index (χ3n) is 6.08. The molecular formula is C17H32N2. The summed E-state index contributed by atoms with van der Waals surface area (Å²) in [4.78, 5) is 2.92. The molecule has 0 bridgehead atoms. The second-order valence-corrected chi connectivity index (χ2v) is 7.40. The van der Waals surface area contributed by atoms with Crippen molar-refractivity contribution in [3.05, 3.63) is 0 Å². The normalized spacial score (nSPS) is 30.2. The van der Waals surface area contributed by atoms with Crippen LogP contribution in [0.2, 0.25) is 0 Å². The summed E-state index contributed by atoms with van der Waals surface area (Å²) in [6, 6.07) is 0. The summed E-state index contributed by atoms with van der Waals surface area (Å²) in [5.41, 5.74) is 1.03. The molecule has 2 spiro atoms. The van der Waals surface area contributed by atoms with Crippen LogP contribution in [0.3, 0.4) is 0 Å². The smallest absolute Gasteiger partial charge is 0.0334 e. The lowest BCUT2D eigenvalue weighted by atomic mass is 9.76. The Morgan fingerprint density at radius 1 is 0.947 bits per heavy atom. The van der Waals surface area contributed by atoms with Crippen molar-refractivity contribution < 1.29 is 0 Å². The Hall–Kier alpha value is -0.0800. The predicted molar refractivity (Wildman–Crippen MR) is 81.5 cm³/mol. The second-order valence-electron chi connectivity index (χ2n) is 7.40. The summed E-state index contributed by atoms with van der Waals surface area (Å²) in [5, 5.41) is 4.03. The molecule has 0 aromatic rings. The SMILES string of the molecule is CCCCN1CC2(CCCCC2)NCC12CCCC2. The van der Waals surface area contributed by atoms with E-state index >= 15 is 0 Å². The lowest BCUT2D eigenvalue weighted by molar-refractivity contribution is -0.00660. The highest BCUT2D eigenvalue weighted by molar-refractivity contribution is 5.07. The molecule has 2 nitrogen and oxygen atoms in total. The van der Waals surface area contributed by atoms with Crippen LogP contribution in [-0.4, -0.2) is 35.6 Å². The molecule has 3 rings (SSSR count). The van der Waals surface area contributed by atoms with Gasteiger partial charge < -0.3 is 5.32 Å². The molecule has 0 aromatic heterocycles. The molecule has 0 unspecified atom stereocenters. The van der Waals surface area contributed by atoms with E-state index in [0.29, 0.717) is 11.1 Å². The Kier molecular flexibility index (Phi) is 4.19. The van der Waals surface area contributed by atoms with Crippen LogP contribution in [0.5, 0.6) is 0 Å². The van der Waals surface area contributed by atoms with Crippen molar-refractivity contribution in [1.29, 1.82) is 0 Å². The third-order valence-corrected chi connectivity index (χ3v) is 6.08. The van der Waals surface area contributed by atoms with Crippen LogP contribution in [0.1, 0.15) is 77.6 Å². The van der Waals surface area contributed by atoms with Gasteiger partial charge in [-0.3, -0.25) is 4.90 Å². The molecule has 2 saturated carbocycles. The van der Waals surface area contributed by atoms with Crippen LogP contribution in [0, 0.1) is 0 Å². The number of nitrogens with one attached hydrogen (secondary N) is 1. The average molecular weight is 264 g/mol. The summed E-state index contributed by atoms with van der Waals surface area (Å²) < 4.78 is 0. The Bertz CT molecular complexity index is 288. The van der Waals surface area contributed by atoms with Crippen molar-refractivity contribution in [2.45, 2.75) is 88.6 Å². The maximum Gasteiger partial charge on any atom is 0.0334 e. The molecule has 0 amide bonds. The van der Waals surface area contributed by atoms with E-state index in [4.69, 9.17) is 0 Å². The first-order chi connectivity index (χ1) is 9.29. The fourth-order valence-electron chi connectivity index (χ4n) is 4.81. The first-order valence-corrected chi connectivity index (χ1v) is 8.79. The number of hydrogen-bond donors (Lipinski definition) is 1. The van der Waals surface area contributed by atoms with Gasteiger partial charge in [0.1, 0.15) is 0 Å². The van der Waals surface area contributed by atoms with Crippen molar-refractivity contribution in [2.75, 3.05) is 19.6 Å². The van der Waals surface area contributed by atoms with Gasteiger partial charge in [0, 0.05) is 24.2 Å².